The molecule has 3 aromatic rings. The summed E-state index contributed by atoms with van der Waals surface area (Å²) >= 11 is 1.48. The lowest BCUT2D eigenvalue weighted by Gasteiger charge is -2.33. The molecular weight excluding hydrogens is 538 g/mol. The van der Waals surface area contributed by atoms with Crippen LogP contribution in [0.5, 0.6) is 5.75 Å². The molecule has 0 aliphatic carbocycles. The molecule has 8 nitrogen and oxygen atoms in total. The van der Waals surface area contributed by atoms with Gasteiger partial charge in [0, 0.05) is 11.3 Å². The molecule has 3 atom stereocenters. The Hall–Kier alpha value is -3.82. The van der Waals surface area contributed by atoms with Crippen molar-refractivity contribution in [2.45, 2.75) is 56.7 Å². The molecule has 1 saturated heterocycles. The third kappa shape index (κ3) is 7.10. The molecule has 4 rings (SSSR count). The Balaban J connectivity index is 1.56. The fraction of sp³-hybridized carbons (Fsp3) is 0.344. The van der Waals surface area contributed by atoms with Crippen molar-refractivity contribution in [3.05, 3.63) is 101 Å². The number of carbonyl (C=O) groups excluding carboxylic acids is 3. The summed E-state index contributed by atoms with van der Waals surface area (Å²) in [6.07, 6.45) is -1.38. The monoisotopic (exact) mass is 575 g/mol. The van der Waals surface area contributed by atoms with Crippen LogP contribution >= 0.6 is 11.8 Å². The molecule has 41 heavy (non-hydrogen) atoms. The lowest BCUT2D eigenvalue weighted by molar-refractivity contribution is -0.147. The van der Waals surface area contributed by atoms with Crippen molar-refractivity contribution in [1.82, 2.24) is 15.5 Å². The highest BCUT2D eigenvalue weighted by molar-refractivity contribution is 8.00. The molecule has 1 aliphatic heterocycles. The molecule has 3 N–H and O–H groups in total. The van der Waals surface area contributed by atoms with Crippen LogP contribution in [0.2, 0.25) is 0 Å². The van der Waals surface area contributed by atoms with Gasteiger partial charge in [0.25, 0.3) is 11.8 Å². The minimum Gasteiger partial charge on any atom is -0.496 e. The maximum atomic E-state index is 13.9. The topological polar surface area (TPSA) is 108 Å². The number of hydrogen-bond acceptors (Lipinski definition) is 6. The number of amides is 3. The van der Waals surface area contributed by atoms with E-state index in [0.29, 0.717) is 17.9 Å². The van der Waals surface area contributed by atoms with Gasteiger partial charge < -0.3 is 25.4 Å². The molecule has 1 aliphatic rings. The summed E-state index contributed by atoms with van der Waals surface area (Å²) in [7, 11) is 1.48. The zero-order valence-electron chi connectivity index (χ0n) is 23.8. The van der Waals surface area contributed by atoms with Crippen molar-refractivity contribution < 1.29 is 24.2 Å². The van der Waals surface area contributed by atoms with Crippen LogP contribution in [0.15, 0.2) is 78.9 Å². The van der Waals surface area contributed by atoms with E-state index in [1.54, 1.807) is 24.3 Å². The molecule has 3 unspecified atom stereocenters. The summed E-state index contributed by atoms with van der Waals surface area (Å²) in [5.74, 6) is -0.753. The third-order valence-corrected chi connectivity index (χ3v) is 8.77. The highest BCUT2D eigenvalue weighted by Crippen LogP contribution is 2.40. The van der Waals surface area contributed by atoms with Crippen LogP contribution in [0.4, 0.5) is 0 Å². The molecular formula is C32H37N3O5S. The van der Waals surface area contributed by atoms with E-state index < -0.39 is 34.7 Å². The summed E-state index contributed by atoms with van der Waals surface area (Å²) in [5, 5.41) is 17.3. The normalized spacial score (nSPS) is 17.4. The second kappa shape index (κ2) is 13.2. The first-order valence-corrected chi connectivity index (χ1v) is 14.5. The standard InChI is InChI=1S/C32H37N3O5S/c1-21-12-8-9-15-23(21)19-33-30(38)28-32(2,3)41-20-35(28)31(39)27(36)25(18-22-13-6-5-7-14-22)34-29(37)24-16-10-11-17-26(24)40-4/h5-17,25,27-28,36H,18-20H2,1-4H3,(H,33,38)(H,34,37). The zero-order valence-corrected chi connectivity index (χ0v) is 24.6. The second-order valence-corrected chi connectivity index (χ2v) is 12.2. The summed E-state index contributed by atoms with van der Waals surface area (Å²) in [6.45, 7) is 6.15. The first-order valence-electron chi connectivity index (χ1n) is 13.5. The molecule has 0 spiro atoms. The number of benzene rings is 3. The number of thioether (sulfide) groups is 1. The number of carbonyl (C=O) groups is 3. The van der Waals surface area contributed by atoms with Crippen LogP contribution in [-0.2, 0) is 22.6 Å². The van der Waals surface area contributed by atoms with E-state index in [4.69, 9.17) is 4.74 Å². The van der Waals surface area contributed by atoms with E-state index in [1.807, 2.05) is 75.4 Å². The van der Waals surface area contributed by atoms with Crippen molar-refractivity contribution in [2.24, 2.45) is 0 Å². The van der Waals surface area contributed by atoms with Crippen molar-refractivity contribution in [3.8, 4) is 5.75 Å². The Labute approximate surface area is 245 Å². The first-order chi connectivity index (χ1) is 19.6. The summed E-state index contributed by atoms with van der Waals surface area (Å²) in [6, 6.07) is 22.1. The molecule has 9 heteroatoms. The molecule has 1 fully saturated rings. The smallest absolute Gasteiger partial charge is 0.255 e. The Kier molecular flexibility index (Phi) is 9.73. The molecule has 0 saturated carbocycles. The van der Waals surface area contributed by atoms with Crippen molar-refractivity contribution in [2.75, 3.05) is 13.0 Å². The van der Waals surface area contributed by atoms with Gasteiger partial charge in [-0.25, -0.2) is 0 Å². The number of aryl methyl sites for hydroxylation is 1. The largest absolute Gasteiger partial charge is 0.496 e. The number of aliphatic hydroxyl groups excluding tert-OH is 1. The van der Waals surface area contributed by atoms with Crippen LogP contribution in [0.1, 0.15) is 40.9 Å². The van der Waals surface area contributed by atoms with Gasteiger partial charge in [0.1, 0.15) is 11.8 Å². The number of rotatable bonds is 10. The summed E-state index contributed by atoms with van der Waals surface area (Å²) in [5.41, 5.74) is 3.18. The van der Waals surface area contributed by atoms with Gasteiger partial charge in [-0.05, 0) is 56.0 Å². The third-order valence-electron chi connectivity index (χ3n) is 7.39. The van der Waals surface area contributed by atoms with Gasteiger partial charge >= 0.3 is 0 Å². The van der Waals surface area contributed by atoms with Crippen LogP contribution < -0.4 is 15.4 Å². The average molecular weight is 576 g/mol. The molecule has 0 radical (unpaired) electrons. The van der Waals surface area contributed by atoms with E-state index in [2.05, 4.69) is 10.6 Å². The maximum Gasteiger partial charge on any atom is 0.255 e. The van der Waals surface area contributed by atoms with E-state index in [0.717, 1.165) is 16.7 Å². The molecule has 0 aromatic heterocycles. The number of methoxy groups -OCH3 is 1. The van der Waals surface area contributed by atoms with Gasteiger partial charge in [0.15, 0.2) is 6.10 Å². The quantitative estimate of drug-likeness (QED) is 0.340. The fourth-order valence-electron chi connectivity index (χ4n) is 5.03. The lowest BCUT2D eigenvalue weighted by Crippen LogP contribution is -2.58. The Morgan fingerprint density at radius 1 is 1.02 bits per heavy atom. The lowest BCUT2D eigenvalue weighted by atomic mass is 9.96. The minimum atomic E-state index is -1.59. The van der Waals surface area contributed by atoms with Crippen LogP contribution in [0.25, 0.3) is 0 Å². The van der Waals surface area contributed by atoms with Crippen molar-refractivity contribution in [3.63, 3.8) is 0 Å². The van der Waals surface area contributed by atoms with Crippen molar-refractivity contribution in [1.29, 1.82) is 0 Å². The van der Waals surface area contributed by atoms with E-state index in [9.17, 15) is 19.5 Å². The van der Waals surface area contributed by atoms with Gasteiger partial charge in [-0.1, -0.05) is 66.7 Å². The summed E-state index contributed by atoms with van der Waals surface area (Å²) < 4.78 is 4.75. The second-order valence-electron chi connectivity index (χ2n) is 10.6. The zero-order chi connectivity index (χ0) is 29.6. The highest BCUT2D eigenvalue weighted by Gasteiger charge is 2.49. The number of para-hydroxylation sites is 1. The Bertz CT molecular complexity index is 1380. The maximum absolute atomic E-state index is 13.9. The van der Waals surface area contributed by atoms with E-state index in [1.165, 1.54) is 23.8 Å². The predicted molar refractivity (Wildman–Crippen MR) is 161 cm³/mol. The van der Waals surface area contributed by atoms with Crippen LogP contribution in [0.3, 0.4) is 0 Å². The number of nitrogens with zero attached hydrogens (tertiary/aromatic N) is 1. The van der Waals surface area contributed by atoms with Gasteiger partial charge in [-0.15, -0.1) is 11.8 Å². The van der Waals surface area contributed by atoms with Gasteiger partial charge in [0.2, 0.25) is 5.91 Å². The fourth-order valence-corrected chi connectivity index (χ4v) is 6.17. The molecule has 1 heterocycles. The van der Waals surface area contributed by atoms with Crippen molar-refractivity contribution >= 4 is 29.5 Å². The van der Waals surface area contributed by atoms with Gasteiger partial charge in [0.05, 0.1) is 24.6 Å². The summed E-state index contributed by atoms with van der Waals surface area (Å²) in [4.78, 5) is 42.1. The number of ether oxygens (including phenoxy) is 1. The van der Waals surface area contributed by atoms with Gasteiger partial charge in [-0.2, -0.15) is 0 Å². The highest BCUT2D eigenvalue weighted by atomic mass is 32.2. The Morgan fingerprint density at radius 2 is 1.68 bits per heavy atom. The van der Waals surface area contributed by atoms with E-state index >= 15 is 0 Å². The minimum absolute atomic E-state index is 0.211. The number of hydrogen-bond donors (Lipinski definition) is 3. The number of aliphatic hydroxyl groups is 1. The van der Waals surface area contributed by atoms with Crippen LogP contribution in [0, 0.1) is 6.92 Å². The number of nitrogens with one attached hydrogen (secondary N) is 2. The SMILES string of the molecule is COc1ccccc1C(=O)NC(Cc1ccccc1)C(O)C(=O)N1CSC(C)(C)C1C(=O)NCc1ccccc1C. The van der Waals surface area contributed by atoms with Gasteiger partial charge in [-0.3, -0.25) is 14.4 Å². The molecule has 3 amide bonds. The molecule has 216 valence electrons. The van der Waals surface area contributed by atoms with E-state index in [-0.39, 0.29) is 18.2 Å². The van der Waals surface area contributed by atoms with Crippen LogP contribution in [-0.4, -0.2) is 63.6 Å². The predicted octanol–water partition coefficient (Wildman–Crippen LogP) is 3.70. The Morgan fingerprint density at radius 3 is 2.39 bits per heavy atom. The first kappa shape index (κ1) is 30.1. The average Bonchev–Trinajstić information content (AvgIpc) is 3.30. The molecule has 3 aromatic carbocycles. The molecule has 0 bridgehead atoms.